The Bertz CT molecular complexity index is 529. The third-order valence-electron chi connectivity index (χ3n) is 2.50. The highest BCUT2D eigenvalue weighted by Crippen LogP contribution is 2.43. The molecule has 0 spiro atoms. The van der Waals surface area contributed by atoms with E-state index in [1.165, 1.54) is 22.5 Å². The SMILES string of the molecule is C#Cc1ccc2sc(C3CC3)nc2c1. The number of hydrogen-bond acceptors (Lipinski definition) is 2. The molecule has 2 heteroatoms. The van der Waals surface area contributed by atoms with Gasteiger partial charge in [0.05, 0.1) is 15.2 Å². The highest BCUT2D eigenvalue weighted by Gasteiger charge is 2.26. The summed E-state index contributed by atoms with van der Waals surface area (Å²) < 4.78 is 1.26. The van der Waals surface area contributed by atoms with Crippen LogP contribution >= 0.6 is 11.3 Å². The number of rotatable bonds is 1. The van der Waals surface area contributed by atoms with Crippen LogP contribution in [0, 0.1) is 12.3 Å². The molecule has 14 heavy (non-hydrogen) atoms. The van der Waals surface area contributed by atoms with E-state index in [9.17, 15) is 0 Å². The summed E-state index contributed by atoms with van der Waals surface area (Å²) in [5, 5.41) is 1.29. The molecule has 0 atom stereocenters. The van der Waals surface area contributed by atoms with Crippen molar-refractivity contribution in [1.82, 2.24) is 4.98 Å². The standard InChI is InChI=1S/C12H9NS/c1-2-8-3-6-11-10(7-8)13-12(14-11)9-4-5-9/h1,3,6-7,9H,4-5H2. The van der Waals surface area contributed by atoms with E-state index in [-0.39, 0.29) is 0 Å². The molecule has 0 N–H and O–H groups in total. The topological polar surface area (TPSA) is 12.9 Å². The van der Waals surface area contributed by atoms with Gasteiger partial charge in [-0.05, 0) is 31.0 Å². The number of hydrogen-bond donors (Lipinski definition) is 0. The van der Waals surface area contributed by atoms with E-state index in [2.05, 4.69) is 17.0 Å². The third-order valence-corrected chi connectivity index (χ3v) is 3.70. The fourth-order valence-electron chi connectivity index (χ4n) is 1.54. The van der Waals surface area contributed by atoms with Gasteiger partial charge in [0.25, 0.3) is 0 Å². The Balaban J connectivity index is 2.18. The van der Waals surface area contributed by atoms with Gasteiger partial charge in [-0.2, -0.15) is 0 Å². The zero-order valence-corrected chi connectivity index (χ0v) is 8.47. The summed E-state index contributed by atoms with van der Waals surface area (Å²) in [6.07, 6.45) is 7.96. The first-order chi connectivity index (χ1) is 6.86. The Hall–Kier alpha value is -1.33. The molecule has 1 aromatic carbocycles. The number of nitrogens with zero attached hydrogens (tertiary/aromatic N) is 1. The predicted octanol–water partition coefficient (Wildman–Crippen LogP) is 3.16. The molecule has 1 aliphatic rings. The van der Waals surface area contributed by atoms with E-state index in [1.807, 2.05) is 23.5 Å². The van der Waals surface area contributed by atoms with Crippen molar-refractivity contribution in [3.8, 4) is 12.3 Å². The lowest BCUT2D eigenvalue weighted by atomic mass is 10.2. The lowest BCUT2D eigenvalue weighted by molar-refractivity contribution is 1.10. The average molecular weight is 199 g/mol. The lowest BCUT2D eigenvalue weighted by Crippen LogP contribution is -1.75. The summed E-state index contributed by atoms with van der Waals surface area (Å²) in [5.41, 5.74) is 1.98. The quantitative estimate of drug-likeness (QED) is 0.643. The summed E-state index contributed by atoms with van der Waals surface area (Å²) in [7, 11) is 0. The molecular weight excluding hydrogens is 190 g/mol. The number of aromatic nitrogens is 1. The molecule has 2 aromatic rings. The summed E-state index contributed by atoms with van der Waals surface area (Å²) in [4.78, 5) is 4.61. The Morgan fingerprint density at radius 2 is 2.29 bits per heavy atom. The second-order valence-electron chi connectivity index (χ2n) is 3.65. The molecule has 0 amide bonds. The number of thiazole rings is 1. The number of terminal acetylenes is 1. The van der Waals surface area contributed by atoms with Gasteiger partial charge in [-0.15, -0.1) is 17.8 Å². The van der Waals surface area contributed by atoms with Crippen LogP contribution in [0.5, 0.6) is 0 Å². The molecule has 0 radical (unpaired) electrons. The van der Waals surface area contributed by atoms with Crippen LogP contribution in [0.15, 0.2) is 18.2 Å². The fraction of sp³-hybridized carbons (Fsp3) is 0.250. The van der Waals surface area contributed by atoms with Gasteiger partial charge >= 0.3 is 0 Å². The van der Waals surface area contributed by atoms with Crippen LogP contribution in [0.1, 0.15) is 29.3 Å². The van der Waals surface area contributed by atoms with Crippen LogP contribution in [0.4, 0.5) is 0 Å². The molecule has 1 nitrogen and oxygen atoms in total. The molecule has 0 aliphatic heterocycles. The molecule has 68 valence electrons. The van der Waals surface area contributed by atoms with Gasteiger partial charge in [0, 0.05) is 11.5 Å². The Kier molecular flexibility index (Phi) is 1.62. The van der Waals surface area contributed by atoms with Crippen molar-refractivity contribution in [2.24, 2.45) is 0 Å². The second kappa shape index (κ2) is 2.83. The van der Waals surface area contributed by atoms with Gasteiger partial charge in [0.1, 0.15) is 0 Å². The molecule has 1 fully saturated rings. The van der Waals surface area contributed by atoms with Crippen LogP contribution in [0.3, 0.4) is 0 Å². The Morgan fingerprint density at radius 3 is 3.00 bits per heavy atom. The molecule has 1 saturated carbocycles. The zero-order chi connectivity index (χ0) is 9.54. The molecule has 0 saturated heterocycles. The van der Waals surface area contributed by atoms with Crippen LogP contribution in [-0.4, -0.2) is 4.98 Å². The summed E-state index contributed by atoms with van der Waals surface area (Å²) in [6, 6.07) is 6.06. The van der Waals surface area contributed by atoms with Crippen molar-refractivity contribution in [3.05, 3.63) is 28.8 Å². The van der Waals surface area contributed by atoms with E-state index in [0.717, 1.165) is 17.0 Å². The summed E-state index contributed by atoms with van der Waals surface area (Å²) in [5.74, 6) is 3.38. The largest absolute Gasteiger partial charge is 0.241 e. The highest BCUT2D eigenvalue weighted by atomic mass is 32.1. The van der Waals surface area contributed by atoms with Crippen LogP contribution < -0.4 is 0 Å². The van der Waals surface area contributed by atoms with Gasteiger partial charge in [0.2, 0.25) is 0 Å². The maximum Gasteiger partial charge on any atom is 0.0969 e. The van der Waals surface area contributed by atoms with E-state index >= 15 is 0 Å². The molecule has 1 aliphatic carbocycles. The van der Waals surface area contributed by atoms with Crippen LogP contribution in [0.25, 0.3) is 10.2 Å². The maximum atomic E-state index is 5.35. The molecular formula is C12H9NS. The first-order valence-corrected chi connectivity index (χ1v) is 5.55. The Morgan fingerprint density at radius 1 is 1.43 bits per heavy atom. The average Bonchev–Trinajstić information content (AvgIpc) is 2.97. The van der Waals surface area contributed by atoms with Crippen LogP contribution in [0.2, 0.25) is 0 Å². The molecule has 0 unspecified atom stereocenters. The van der Waals surface area contributed by atoms with Crippen molar-refractivity contribution in [2.45, 2.75) is 18.8 Å². The van der Waals surface area contributed by atoms with Crippen LogP contribution in [-0.2, 0) is 0 Å². The number of fused-ring (bicyclic) bond motifs is 1. The van der Waals surface area contributed by atoms with Gasteiger partial charge < -0.3 is 0 Å². The molecule has 1 heterocycles. The van der Waals surface area contributed by atoms with Crippen molar-refractivity contribution < 1.29 is 0 Å². The minimum atomic E-state index is 0.738. The van der Waals surface area contributed by atoms with Gasteiger partial charge in [0.15, 0.2) is 0 Å². The van der Waals surface area contributed by atoms with Crippen molar-refractivity contribution in [2.75, 3.05) is 0 Å². The lowest BCUT2D eigenvalue weighted by Gasteiger charge is -1.88. The fourth-order valence-corrected chi connectivity index (χ4v) is 2.66. The summed E-state index contributed by atoms with van der Waals surface area (Å²) in [6.45, 7) is 0. The zero-order valence-electron chi connectivity index (χ0n) is 7.66. The van der Waals surface area contributed by atoms with E-state index in [4.69, 9.17) is 6.42 Å². The second-order valence-corrected chi connectivity index (χ2v) is 4.72. The first-order valence-electron chi connectivity index (χ1n) is 4.74. The molecule has 1 aromatic heterocycles. The monoisotopic (exact) mass is 199 g/mol. The smallest absolute Gasteiger partial charge is 0.0969 e. The predicted molar refractivity (Wildman–Crippen MR) is 59.5 cm³/mol. The first kappa shape index (κ1) is 8.02. The van der Waals surface area contributed by atoms with Gasteiger partial charge in [-0.1, -0.05) is 5.92 Å². The molecule has 3 rings (SSSR count). The van der Waals surface area contributed by atoms with Gasteiger partial charge in [-0.3, -0.25) is 0 Å². The van der Waals surface area contributed by atoms with Crippen molar-refractivity contribution in [1.29, 1.82) is 0 Å². The van der Waals surface area contributed by atoms with Crippen molar-refractivity contribution in [3.63, 3.8) is 0 Å². The third kappa shape index (κ3) is 1.21. The summed E-state index contributed by atoms with van der Waals surface area (Å²) >= 11 is 1.81. The normalized spacial score (nSPS) is 15.6. The Labute approximate surface area is 86.8 Å². The minimum absolute atomic E-state index is 0.738. The van der Waals surface area contributed by atoms with E-state index < -0.39 is 0 Å². The maximum absolute atomic E-state index is 5.35. The molecule has 0 bridgehead atoms. The van der Waals surface area contributed by atoms with Gasteiger partial charge in [-0.25, -0.2) is 4.98 Å². The van der Waals surface area contributed by atoms with E-state index in [0.29, 0.717) is 0 Å². The number of benzene rings is 1. The van der Waals surface area contributed by atoms with Crippen molar-refractivity contribution >= 4 is 21.6 Å². The van der Waals surface area contributed by atoms with E-state index in [1.54, 1.807) is 0 Å². The highest BCUT2D eigenvalue weighted by molar-refractivity contribution is 7.18. The minimum Gasteiger partial charge on any atom is -0.241 e.